The van der Waals surface area contributed by atoms with Gasteiger partial charge >= 0.3 is 0 Å². The number of ether oxygens (including phenoxy) is 1. The smallest absolute Gasteiger partial charge is 0.145 e. The number of piperidine rings is 1. The van der Waals surface area contributed by atoms with Crippen LogP contribution in [-0.2, 0) is 24.7 Å². The largest absolute Gasteiger partial charge is 0.497 e. The molecule has 2 heterocycles. The Morgan fingerprint density at radius 3 is 2.27 bits per heavy atom. The highest BCUT2D eigenvalue weighted by Gasteiger charge is 2.53. The number of hydroxylamine groups is 2. The van der Waals surface area contributed by atoms with Crippen molar-refractivity contribution >= 4 is 28.7 Å². The predicted octanol–water partition coefficient (Wildman–Crippen LogP) is 9.40. The van der Waals surface area contributed by atoms with Crippen LogP contribution in [0.3, 0.4) is 0 Å². The zero-order valence-electron chi connectivity index (χ0n) is 37.2. The van der Waals surface area contributed by atoms with Crippen molar-refractivity contribution in [3.63, 3.8) is 0 Å². The van der Waals surface area contributed by atoms with Gasteiger partial charge in [0.1, 0.15) is 18.1 Å². The molecule has 10 rings (SSSR count). The molecule has 2 aliphatic heterocycles. The topological polar surface area (TPSA) is 63.9 Å². The van der Waals surface area contributed by atoms with E-state index < -0.39 is 0 Å². The first-order valence-corrected chi connectivity index (χ1v) is 22.8. The second kappa shape index (κ2) is 19.6. The minimum Gasteiger partial charge on any atom is -0.497 e. The molecule has 0 radical (unpaired) electrons. The van der Waals surface area contributed by atoms with Gasteiger partial charge in [-0.1, -0.05) is 115 Å². The van der Waals surface area contributed by atoms with E-state index in [1.54, 1.807) is 31.4 Å². The number of methoxy groups -OCH3 is 1. The average Bonchev–Trinajstić information content (AvgIpc) is 3.55. The first-order chi connectivity index (χ1) is 30.2. The number of fused-ring (bicyclic) bond motifs is 4. The van der Waals surface area contributed by atoms with Gasteiger partial charge in [0, 0.05) is 40.9 Å². The molecule has 322 valence electrons. The number of halogens is 1. The van der Waals surface area contributed by atoms with Crippen LogP contribution in [0.1, 0.15) is 77.5 Å². The molecule has 2 fully saturated rings. The molecule has 5 aliphatic rings. The lowest BCUT2D eigenvalue weighted by Gasteiger charge is -2.58. The second-order valence-electron chi connectivity index (χ2n) is 17.7. The Balaban J connectivity index is 0.000000128. The number of likely N-dealkylation sites (tertiary alicyclic amines) is 1. The summed E-state index contributed by atoms with van der Waals surface area (Å²) in [6.45, 7) is 2.58. The van der Waals surface area contributed by atoms with Crippen LogP contribution in [0.4, 0.5) is 0 Å². The lowest BCUT2D eigenvalue weighted by Crippen LogP contribution is -2.59. The van der Waals surface area contributed by atoms with Gasteiger partial charge in [0.15, 0.2) is 0 Å². The van der Waals surface area contributed by atoms with Gasteiger partial charge in [-0.2, -0.15) is 0 Å². The Morgan fingerprint density at radius 1 is 0.871 bits per heavy atom. The molecule has 2 bridgehead atoms. The molecule has 1 saturated heterocycles. The minimum absolute atomic E-state index is 0.229. The Labute approximate surface area is 373 Å². The number of nitrogens with zero attached hydrogens (tertiary/aromatic N) is 5. The number of aliphatic imine (C=N–C) groups is 1. The molecule has 1 N–H and O–H groups in total. The highest BCUT2D eigenvalue weighted by molar-refractivity contribution is 6.30. The van der Waals surface area contributed by atoms with Gasteiger partial charge < -0.3 is 14.5 Å². The van der Waals surface area contributed by atoms with Crippen molar-refractivity contribution in [3.05, 3.63) is 176 Å². The van der Waals surface area contributed by atoms with Gasteiger partial charge in [0.05, 0.1) is 18.2 Å². The van der Waals surface area contributed by atoms with Crippen LogP contribution in [0.25, 0.3) is 11.3 Å². The maximum atomic E-state index is 10.5. The Morgan fingerprint density at radius 2 is 1.58 bits per heavy atom. The van der Waals surface area contributed by atoms with E-state index in [0.29, 0.717) is 22.0 Å². The third-order valence-electron chi connectivity index (χ3n) is 13.8. The lowest BCUT2D eigenvalue weighted by atomic mass is 9.52. The van der Waals surface area contributed by atoms with Gasteiger partial charge in [-0.05, 0) is 148 Å². The van der Waals surface area contributed by atoms with Gasteiger partial charge in [-0.15, -0.1) is 0 Å². The van der Waals surface area contributed by atoms with Crippen molar-refractivity contribution in [1.82, 2.24) is 14.9 Å². The maximum absolute atomic E-state index is 10.5. The molecule has 1 saturated carbocycles. The molecule has 3 atom stereocenters. The van der Waals surface area contributed by atoms with Crippen LogP contribution in [0.15, 0.2) is 131 Å². The maximum Gasteiger partial charge on any atom is 0.145 e. The van der Waals surface area contributed by atoms with Crippen molar-refractivity contribution in [3.8, 4) is 5.75 Å². The zero-order chi connectivity index (χ0) is 43.2. The monoisotopic (exact) mass is 847 g/mol. The van der Waals surface area contributed by atoms with Crippen LogP contribution >= 0.6 is 11.6 Å². The standard InChI is InChI=1S/C20H23N.C18H25NO.C16H14ClN3O/c1-21(2)15-7-12-20-18-10-5-3-8-16(18)13-14-17-9-4-6-11-19(17)20;1-19-10-9-18-8-4-3-5-15(18)17(19)11-13-6-7-14(20-2)12-16(13)18;1-18-15-10-20(21)16(11-5-3-2-4-6-11)13-9-12(17)7-8-14(13)19-15/h3-6,8-12H,7,13-15H2,1-2H3;6-7,12,15,17H,3-5,8-11H2,1-2H3;2-9,21H,10H2,1H3/t;15-,17+,18+;/m.1./s1. The van der Waals surface area contributed by atoms with Gasteiger partial charge in [-0.3, -0.25) is 10.2 Å². The number of rotatable bonds is 5. The number of benzene rings is 5. The summed E-state index contributed by atoms with van der Waals surface area (Å²) in [5.74, 6) is 2.47. The normalized spacial score (nSPS) is 21.8. The fraction of sp³-hybridized carbons (Fsp3) is 0.370. The van der Waals surface area contributed by atoms with E-state index in [-0.39, 0.29) is 6.54 Å². The number of aryl methyl sites for hydroxylation is 2. The molecule has 0 aromatic heterocycles. The summed E-state index contributed by atoms with van der Waals surface area (Å²) in [7, 11) is 10.0. The van der Waals surface area contributed by atoms with Crippen molar-refractivity contribution in [2.45, 2.75) is 69.2 Å². The third-order valence-corrected chi connectivity index (χ3v) is 14.1. The van der Waals surface area contributed by atoms with Crippen molar-refractivity contribution in [2.24, 2.45) is 15.9 Å². The number of hydrogen-bond donors (Lipinski definition) is 1. The van der Waals surface area contributed by atoms with Crippen molar-refractivity contribution in [2.75, 3.05) is 54.9 Å². The summed E-state index contributed by atoms with van der Waals surface area (Å²) < 4.78 is 5.51. The summed E-state index contributed by atoms with van der Waals surface area (Å²) >= 11 is 6.12. The number of amidine groups is 1. The van der Waals surface area contributed by atoms with Gasteiger partial charge in [0.2, 0.25) is 0 Å². The molecule has 0 unspecified atom stereocenters. The molecule has 62 heavy (non-hydrogen) atoms. The van der Waals surface area contributed by atoms with E-state index in [0.717, 1.165) is 59.7 Å². The molecule has 7 nitrogen and oxygen atoms in total. The van der Waals surface area contributed by atoms with Crippen LogP contribution < -0.4 is 15.3 Å². The van der Waals surface area contributed by atoms with E-state index >= 15 is 0 Å². The van der Waals surface area contributed by atoms with Crippen LogP contribution in [-0.4, -0.2) is 86.9 Å². The summed E-state index contributed by atoms with van der Waals surface area (Å²) in [6.07, 6.45) is 14.0. The van der Waals surface area contributed by atoms with Crippen molar-refractivity contribution < 1.29 is 9.94 Å². The van der Waals surface area contributed by atoms with Crippen LogP contribution in [0.5, 0.6) is 5.75 Å². The fourth-order valence-corrected chi connectivity index (χ4v) is 10.9. The second-order valence-corrected chi connectivity index (χ2v) is 18.2. The molecule has 5 aromatic rings. The molecule has 8 heteroatoms. The average molecular weight is 849 g/mol. The first-order valence-electron chi connectivity index (χ1n) is 22.4. The quantitative estimate of drug-likeness (QED) is 0.191. The molecule has 0 spiro atoms. The molecular formula is C54H62ClN5O2. The first kappa shape index (κ1) is 43.6. The molecule has 5 aromatic carbocycles. The minimum atomic E-state index is 0.229. The molecular weight excluding hydrogens is 786 g/mol. The molecule has 3 aliphatic carbocycles. The Kier molecular flexibility index (Phi) is 13.7. The van der Waals surface area contributed by atoms with Gasteiger partial charge in [-0.25, -0.2) is 10.1 Å². The SMILES string of the molecule is CN(C)CCC=C1c2ccccc2CCc2ccccc21.CN=C1CN(O)C(c2ccccc2)=c2cc(Cl)ccc2=N1.COc1ccc2c(c1)[C@]13CCCC[C@@H]1[C@H](C2)N(C)CC3. The summed E-state index contributed by atoms with van der Waals surface area (Å²) in [6, 6.07) is 40.5. The molecule has 0 amide bonds. The van der Waals surface area contributed by atoms with E-state index in [1.807, 2.05) is 42.5 Å². The van der Waals surface area contributed by atoms with Crippen molar-refractivity contribution in [1.29, 1.82) is 0 Å². The summed E-state index contributed by atoms with van der Waals surface area (Å²) in [4.78, 5) is 13.5. The highest BCUT2D eigenvalue weighted by Crippen LogP contribution is 2.56. The van der Waals surface area contributed by atoms with E-state index in [1.165, 1.54) is 78.0 Å². The van der Waals surface area contributed by atoms with Gasteiger partial charge in [0.25, 0.3) is 0 Å². The zero-order valence-corrected chi connectivity index (χ0v) is 37.9. The van der Waals surface area contributed by atoms with E-state index in [4.69, 9.17) is 16.3 Å². The summed E-state index contributed by atoms with van der Waals surface area (Å²) in [5.41, 5.74) is 12.5. The fourth-order valence-electron chi connectivity index (χ4n) is 10.7. The van der Waals surface area contributed by atoms with E-state index in [2.05, 4.69) is 114 Å². The number of likely N-dealkylation sites (N-methyl/N-ethyl adjacent to an activating group) is 1. The Hall–Kier alpha value is -5.05. The highest BCUT2D eigenvalue weighted by atomic mass is 35.5. The van der Waals surface area contributed by atoms with Crippen LogP contribution in [0.2, 0.25) is 5.02 Å². The van der Waals surface area contributed by atoms with Crippen LogP contribution in [0, 0.1) is 5.92 Å². The predicted molar refractivity (Wildman–Crippen MR) is 255 cm³/mol. The third kappa shape index (κ3) is 9.19. The summed E-state index contributed by atoms with van der Waals surface area (Å²) in [5, 5.41) is 13.8. The lowest BCUT2D eigenvalue weighted by molar-refractivity contribution is -0.0119. The van der Waals surface area contributed by atoms with E-state index in [9.17, 15) is 5.21 Å². The number of hydrogen-bond acceptors (Lipinski definition) is 6. The Bertz CT molecular complexity index is 2500.